The van der Waals surface area contributed by atoms with Crippen LogP contribution in [0.1, 0.15) is 37.7 Å². The number of hydrogen-bond donors (Lipinski definition) is 1. The summed E-state index contributed by atoms with van der Waals surface area (Å²) in [7, 11) is 0. The molecule has 1 saturated carbocycles. The Morgan fingerprint density at radius 1 is 1.32 bits per heavy atom. The number of carbonyl (C=O) groups is 2. The van der Waals surface area contributed by atoms with Crippen LogP contribution in [-0.2, 0) is 9.59 Å². The first-order chi connectivity index (χ1) is 9.00. The van der Waals surface area contributed by atoms with Crippen LogP contribution in [0.4, 0.5) is 4.39 Å². The van der Waals surface area contributed by atoms with Crippen LogP contribution in [0, 0.1) is 17.2 Å². The minimum absolute atomic E-state index is 0.216. The molecule has 2 fully saturated rings. The van der Waals surface area contributed by atoms with E-state index >= 15 is 0 Å². The summed E-state index contributed by atoms with van der Waals surface area (Å²) in [6, 6.07) is 6.15. The number of halogens is 1. The van der Waals surface area contributed by atoms with Gasteiger partial charge in [0.05, 0.1) is 5.92 Å². The van der Waals surface area contributed by atoms with Gasteiger partial charge < -0.3 is 0 Å². The number of rotatable bonds is 2. The fraction of sp³-hybridized carbons (Fsp3) is 0.467. The van der Waals surface area contributed by atoms with E-state index in [0.717, 1.165) is 12.8 Å². The van der Waals surface area contributed by atoms with Gasteiger partial charge in [-0.2, -0.15) is 0 Å². The highest BCUT2D eigenvalue weighted by Crippen LogP contribution is 2.56. The van der Waals surface area contributed by atoms with E-state index in [0.29, 0.717) is 17.9 Å². The maximum atomic E-state index is 13.4. The van der Waals surface area contributed by atoms with Crippen molar-refractivity contribution in [1.82, 2.24) is 5.32 Å². The second-order valence-corrected chi connectivity index (χ2v) is 5.86. The van der Waals surface area contributed by atoms with E-state index < -0.39 is 5.92 Å². The molecule has 1 N–H and O–H groups in total. The molecule has 2 atom stereocenters. The molecule has 2 unspecified atom stereocenters. The first-order valence-corrected chi connectivity index (χ1v) is 6.60. The van der Waals surface area contributed by atoms with E-state index in [1.807, 2.05) is 6.92 Å². The summed E-state index contributed by atoms with van der Waals surface area (Å²) in [6.45, 7) is 1.98. The predicted molar refractivity (Wildman–Crippen MR) is 67.7 cm³/mol. The van der Waals surface area contributed by atoms with Crippen molar-refractivity contribution in [2.24, 2.45) is 11.3 Å². The summed E-state index contributed by atoms with van der Waals surface area (Å²) in [6.07, 6.45) is 2.43. The fourth-order valence-electron chi connectivity index (χ4n) is 3.34. The molecule has 2 aliphatic rings. The molecular weight excluding hydrogens is 245 g/mol. The Balaban J connectivity index is 2.04. The van der Waals surface area contributed by atoms with E-state index in [-0.39, 0.29) is 23.0 Å². The summed E-state index contributed by atoms with van der Waals surface area (Å²) in [5.41, 5.74) is 0.284. The standard InChI is InChI=1S/C15H16FNO2/c1-15(10-5-6-10)8-12(18)17-14(19)13(15)9-3-2-4-11(16)7-9/h2-4,7,10,13H,5-6,8H2,1H3,(H,17,18,19). The molecule has 1 aliphatic heterocycles. The predicted octanol–water partition coefficient (Wildman–Crippen LogP) is 2.37. The molecule has 1 aromatic carbocycles. The largest absolute Gasteiger partial charge is 0.296 e. The van der Waals surface area contributed by atoms with Crippen LogP contribution in [0.3, 0.4) is 0 Å². The lowest BCUT2D eigenvalue weighted by Crippen LogP contribution is -2.50. The van der Waals surface area contributed by atoms with E-state index in [9.17, 15) is 14.0 Å². The molecule has 0 bridgehead atoms. The highest BCUT2D eigenvalue weighted by molar-refractivity contribution is 6.02. The van der Waals surface area contributed by atoms with Gasteiger partial charge in [-0.1, -0.05) is 19.1 Å². The highest BCUT2D eigenvalue weighted by Gasteiger charge is 2.53. The van der Waals surface area contributed by atoms with Crippen LogP contribution in [-0.4, -0.2) is 11.8 Å². The third-order valence-electron chi connectivity index (χ3n) is 4.42. The monoisotopic (exact) mass is 261 g/mol. The van der Waals surface area contributed by atoms with E-state index in [2.05, 4.69) is 5.32 Å². The number of benzene rings is 1. The molecule has 4 heteroatoms. The number of nitrogens with one attached hydrogen (secondary N) is 1. The van der Waals surface area contributed by atoms with Gasteiger partial charge in [0, 0.05) is 6.42 Å². The van der Waals surface area contributed by atoms with Gasteiger partial charge in [-0.3, -0.25) is 14.9 Å². The average Bonchev–Trinajstić information content (AvgIpc) is 3.11. The Labute approximate surface area is 111 Å². The maximum absolute atomic E-state index is 13.4. The Hall–Kier alpha value is -1.71. The topological polar surface area (TPSA) is 46.2 Å². The number of imide groups is 1. The van der Waals surface area contributed by atoms with Gasteiger partial charge in [-0.25, -0.2) is 4.39 Å². The third kappa shape index (κ3) is 2.05. The minimum atomic E-state index is -0.437. The first-order valence-electron chi connectivity index (χ1n) is 6.60. The molecule has 0 aromatic heterocycles. The Bertz CT molecular complexity index is 553. The first kappa shape index (κ1) is 12.3. The molecule has 2 amide bonds. The van der Waals surface area contributed by atoms with Crippen LogP contribution in [0.5, 0.6) is 0 Å². The van der Waals surface area contributed by atoms with Crippen LogP contribution in [0.15, 0.2) is 24.3 Å². The third-order valence-corrected chi connectivity index (χ3v) is 4.42. The summed E-state index contributed by atoms with van der Waals surface area (Å²) in [5.74, 6) is -0.909. The zero-order valence-electron chi connectivity index (χ0n) is 10.8. The molecule has 19 heavy (non-hydrogen) atoms. The van der Waals surface area contributed by atoms with Gasteiger partial charge >= 0.3 is 0 Å². The van der Waals surface area contributed by atoms with Gasteiger partial charge in [0.25, 0.3) is 0 Å². The van der Waals surface area contributed by atoms with Crippen molar-refractivity contribution in [3.05, 3.63) is 35.6 Å². The van der Waals surface area contributed by atoms with Crippen LogP contribution < -0.4 is 5.32 Å². The molecule has 3 rings (SSSR count). The second kappa shape index (κ2) is 4.15. The molecule has 1 saturated heterocycles. The van der Waals surface area contributed by atoms with Crippen molar-refractivity contribution in [3.63, 3.8) is 0 Å². The van der Waals surface area contributed by atoms with E-state index in [1.54, 1.807) is 12.1 Å². The molecule has 1 aromatic rings. The zero-order chi connectivity index (χ0) is 13.6. The lowest BCUT2D eigenvalue weighted by molar-refractivity contribution is -0.140. The number of amides is 2. The molecular formula is C15H16FNO2. The number of carbonyl (C=O) groups excluding carboxylic acids is 2. The van der Waals surface area contributed by atoms with Crippen molar-refractivity contribution in [1.29, 1.82) is 0 Å². The fourth-order valence-corrected chi connectivity index (χ4v) is 3.34. The molecule has 3 nitrogen and oxygen atoms in total. The van der Waals surface area contributed by atoms with Crippen LogP contribution in [0.2, 0.25) is 0 Å². The summed E-state index contributed by atoms with van der Waals surface area (Å²) < 4.78 is 13.4. The normalized spacial score (nSPS) is 31.2. The lowest BCUT2D eigenvalue weighted by atomic mass is 9.65. The van der Waals surface area contributed by atoms with Crippen molar-refractivity contribution < 1.29 is 14.0 Å². The molecule has 1 heterocycles. The number of piperidine rings is 1. The van der Waals surface area contributed by atoms with Gasteiger partial charge in [0.2, 0.25) is 11.8 Å². The van der Waals surface area contributed by atoms with Gasteiger partial charge in [0.15, 0.2) is 0 Å². The Morgan fingerprint density at radius 3 is 2.68 bits per heavy atom. The maximum Gasteiger partial charge on any atom is 0.234 e. The smallest absolute Gasteiger partial charge is 0.234 e. The summed E-state index contributed by atoms with van der Waals surface area (Å²) in [5, 5.41) is 2.38. The van der Waals surface area contributed by atoms with E-state index in [1.165, 1.54) is 12.1 Å². The zero-order valence-corrected chi connectivity index (χ0v) is 10.8. The minimum Gasteiger partial charge on any atom is -0.296 e. The van der Waals surface area contributed by atoms with Crippen molar-refractivity contribution in [2.45, 2.75) is 32.1 Å². The van der Waals surface area contributed by atoms with Crippen LogP contribution >= 0.6 is 0 Å². The Morgan fingerprint density at radius 2 is 2.05 bits per heavy atom. The van der Waals surface area contributed by atoms with Crippen molar-refractivity contribution >= 4 is 11.8 Å². The Kier molecular flexibility index (Phi) is 2.69. The second-order valence-electron chi connectivity index (χ2n) is 5.86. The quantitative estimate of drug-likeness (QED) is 0.831. The van der Waals surface area contributed by atoms with Gasteiger partial charge in [-0.15, -0.1) is 0 Å². The number of hydrogen-bond acceptors (Lipinski definition) is 2. The summed E-state index contributed by atoms with van der Waals surface area (Å²) in [4.78, 5) is 23.9. The molecule has 100 valence electrons. The van der Waals surface area contributed by atoms with Gasteiger partial charge in [-0.05, 0) is 41.9 Å². The van der Waals surface area contributed by atoms with Gasteiger partial charge in [0.1, 0.15) is 5.82 Å². The SMILES string of the molecule is CC1(C2CC2)CC(=O)NC(=O)C1c1cccc(F)c1. The molecule has 0 radical (unpaired) electrons. The highest BCUT2D eigenvalue weighted by atomic mass is 19.1. The average molecular weight is 261 g/mol. The molecule has 0 spiro atoms. The van der Waals surface area contributed by atoms with E-state index in [4.69, 9.17) is 0 Å². The lowest BCUT2D eigenvalue weighted by Gasteiger charge is -2.40. The van der Waals surface area contributed by atoms with Crippen molar-refractivity contribution in [2.75, 3.05) is 0 Å². The molecule has 1 aliphatic carbocycles. The summed E-state index contributed by atoms with van der Waals surface area (Å²) >= 11 is 0. The van der Waals surface area contributed by atoms with Crippen molar-refractivity contribution in [3.8, 4) is 0 Å². The van der Waals surface area contributed by atoms with Crippen LogP contribution in [0.25, 0.3) is 0 Å².